The largest absolute Gasteiger partial charge is 0.373 e. The molecule has 0 spiro atoms. The molecule has 1 aromatic heterocycles. The van der Waals surface area contributed by atoms with Crippen LogP contribution in [0, 0.1) is 5.92 Å². The lowest BCUT2D eigenvalue weighted by Gasteiger charge is -2.25. The van der Waals surface area contributed by atoms with E-state index in [0.29, 0.717) is 12.0 Å². The number of nitrogens with zero attached hydrogens (tertiary/aromatic N) is 3. The Labute approximate surface area is 122 Å². The van der Waals surface area contributed by atoms with Crippen LogP contribution in [-0.2, 0) is 0 Å². The van der Waals surface area contributed by atoms with Crippen molar-refractivity contribution in [3.63, 3.8) is 0 Å². The third-order valence-corrected chi connectivity index (χ3v) is 4.16. The molecule has 0 bridgehead atoms. The molecule has 2 aliphatic rings. The Morgan fingerprint density at radius 1 is 1.25 bits per heavy atom. The summed E-state index contributed by atoms with van der Waals surface area (Å²) in [5, 5.41) is 3.19. The van der Waals surface area contributed by atoms with Gasteiger partial charge >= 0.3 is 0 Å². The van der Waals surface area contributed by atoms with E-state index in [1.54, 1.807) is 0 Å². The summed E-state index contributed by atoms with van der Waals surface area (Å²) >= 11 is 0. The minimum Gasteiger partial charge on any atom is -0.373 e. The third kappa shape index (κ3) is 3.22. The molecule has 0 aliphatic heterocycles. The zero-order chi connectivity index (χ0) is 14.1. The predicted octanol–water partition coefficient (Wildman–Crippen LogP) is 3.41. The highest BCUT2D eigenvalue weighted by molar-refractivity contribution is 5.51. The van der Waals surface area contributed by atoms with E-state index in [0.717, 1.165) is 29.9 Å². The van der Waals surface area contributed by atoms with E-state index in [9.17, 15) is 0 Å². The van der Waals surface area contributed by atoms with Crippen molar-refractivity contribution >= 4 is 11.6 Å². The van der Waals surface area contributed by atoms with Gasteiger partial charge in [0.1, 0.15) is 17.5 Å². The second kappa shape index (κ2) is 5.58. The van der Waals surface area contributed by atoms with Gasteiger partial charge in [0.2, 0.25) is 0 Å². The van der Waals surface area contributed by atoms with Crippen LogP contribution in [0.5, 0.6) is 0 Å². The zero-order valence-electron chi connectivity index (χ0n) is 12.9. The van der Waals surface area contributed by atoms with Crippen LogP contribution < -0.4 is 10.2 Å². The normalized spacial score (nSPS) is 18.4. The van der Waals surface area contributed by atoms with Crippen molar-refractivity contribution in [2.24, 2.45) is 5.92 Å². The average Bonchev–Trinajstić information content (AvgIpc) is 3.28. The second-order valence-corrected chi connectivity index (χ2v) is 6.60. The predicted molar refractivity (Wildman–Crippen MR) is 83.4 cm³/mol. The maximum Gasteiger partial charge on any atom is 0.136 e. The van der Waals surface area contributed by atoms with Gasteiger partial charge in [0.25, 0.3) is 0 Å². The Hall–Kier alpha value is -1.32. The first kappa shape index (κ1) is 13.7. The number of rotatable bonds is 7. The Morgan fingerprint density at radius 2 is 2.00 bits per heavy atom. The monoisotopic (exact) mass is 274 g/mol. The molecule has 3 rings (SSSR count). The van der Waals surface area contributed by atoms with Crippen molar-refractivity contribution in [1.82, 2.24) is 9.97 Å². The summed E-state index contributed by atoms with van der Waals surface area (Å²) < 4.78 is 0. The summed E-state index contributed by atoms with van der Waals surface area (Å²) in [7, 11) is 1.94. The fraction of sp³-hybridized carbons (Fsp3) is 0.750. The van der Waals surface area contributed by atoms with Crippen LogP contribution in [0.4, 0.5) is 11.6 Å². The molecule has 1 aromatic rings. The molecule has 110 valence electrons. The van der Waals surface area contributed by atoms with Crippen LogP contribution in [0.2, 0.25) is 0 Å². The lowest BCUT2D eigenvalue weighted by atomic mass is 10.1. The van der Waals surface area contributed by atoms with Crippen LogP contribution in [0.3, 0.4) is 0 Å². The number of aromatic nitrogens is 2. The van der Waals surface area contributed by atoms with Gasteiger partial charge in [-0.25, -0.2) is 9.97 Å². The number of nitrogens with one attached hydrogen (secondary N) is 1. The van der Waals surface area contributed by atoms with Gasteiger partial charge in [-0.15, -0.1) is 0 Å². The molecule has 1 N–H and O–H groups in total. The molecule has 0 aromatic carbocycles. The van der Waals surface area contributed by atoms with Crippen LogP contribution in [0.25, 0.3) is 0 Å². The van der Waals surface area contributed by atoms with Crippen molar-refractivity contribution in [2.45, 2.75) is 57.9 Å². The summed E-state index contributed by atoms with van der Waals surface area (Å²) in [5.41, 5.74) is 0. The van der Waals surface area contributed by atoms with Crippen LogP contribution >= 0.6 is 0 Å². The van der Waals surface area contributed by atoms with E-state index in [1.807, 2.05) is 7.05 Å². The fourth-order valence-electron chi connectivity index (χ4n) is 2.52. The van der Waals surface area contributed by atoms with Gasteiger partial charge in [-0.1, -0.05) is 13.8 Å². The van der Waals surface area contributed by atoms with Crippen molar-refractivity contribution in [2.75, 3.05) is 23.8 Å². The first-order valence-corrected chi connectivity index (χ1v) is 8.00. The van der Waals surface area contributed by atoms with Gasteiger partial charge < -0.3 is 10.2 Å². The molecule has 0 amide bonds. The maximum atomic E-state index is 4.86. The minimum atomic E-state index is 0.605. The van der Waals surface area contributed by atoms with Crippen molar-refractivity contribution in [3.8, 4) is 0 Å². The number of anilines is 2. The highest BCUT2D eigenvalue weighted by Crippen LogP contribution is 2.40. The Morgan fingerprint density at radius 3 is 2.55 bits per heavy atom. The molecule has 2 fully saturated rings. The Kier molecular flexibility index (Phi) is 3.81. The Balaban J connectivity index is 1.82. The Bertz CT molecular complexity index is 464. The third-order valence-electron chi connectivity index (χ3n) is 4.16. The van der Waals surface area contributed by atoms with E-state index in [2.05, 4.69) is 35.1 Å². The molecule has 0 unspecified atom stereocenters. The van der Waals surface area contributed by atoms with Crippen molar-refractivity contribution in [3.05, 3.63) is 11.9 Å². The molecule has 1 heterocycles. The molecule has 0 atom stereocenters. The SMILES string of the molecule is CNc1cc(N(CCC(C)C)C2CC2)nc(C2CC2)n1. The standard InChI is InChI=1S/C16H26N4/c1-11(2)8-9-20(13-6-7-13)15-10-14(17-3)18-16(19-15)12-4-5-12/h10-13H,4-9H2,1-3H3,(H,17,18,19). The quantitative estimate of drug-likeness (QED) is 0.827. The van der Waals surface area contributed by atoms with Gasteiger partial charge in [-0.05, 0) is 38.0 Å². The highest BCUT2D eigenvalue weighted by Gasteiger charge is 2.32. The van der Waals surface area contributed by atoms with E-state index < -0.39 is 0 Å². The molecule has 0 saturated heterocycles. The molecule has 2 aliphatic carbocycles. The lowest BCUT2D eigenvalue weighted by Crippen LogP contribution is -2.29. The zero-order valence-corrected chi connectivity index (χ0v) is 12.9. The fourth-order valence-corrected chi connectivity index (χ4v) is 2.52. The molecular formula is C16H26N4. The second-order valence-electron chi connectivity index (χ2n) is 6.60. The summed E-state index contributed by atoms with van der Waals surface area (Å²) in [6, 6.07) is 2.82. The molecule has 4 heteroatoms. The van der Waals surface area contributed by atoms with E-state index >= 15 is 0 Å². The smallest absolute Gasteiger partial charge is 0.136 e. The van der Waals surface area contributed by atoms with Gasteiger partial charge in [0, 0.05) is 31.6 Å². The van der Waals surface area contributed by atoms with E-state index in [4.69, 9.17) is 4.98 Å². The van der Waals surface area contributed by atoms with Gasteiger partial charge in [0.05, 0.1) is 0 Å². The van der Waals surface area contributed by atoms with E-state index in [-0.39, 0.29) is 0 Å². The van der Waals surface area contributed by atoms with Crippen LogP contribution in [0.15, 0.2) is 6.07 Å². The van der Waals surface area contributed by atoms with Crippen molar-refractivity contribution < 1.29 is 0 Å². The number of hydrogen-bond donors (Lipinski definition) is 1. The summed E-state index contributed by atoms with van der Waals surface area (Å²) in [4.78, 5) is 12.0. The first-order chi connectivity index (χ1) is 9.67. The topological polar surface area (TPSA) is 41.0 Å². The van der Waals surface area contributed by atoms with Gasteiger partial charge in [-0.3, -0.25) is 0 Å². The highest BCUT2D eigenvalue weighted by atomic mass is 15.2. The molecule has 4 nitrogen and oxygen atoms in total. The molecule has 0 radical (unpaired) electrons. The lowest BCUT2D eigenvalue weighted by molar-refractivity contribution is 0.568. The molecule has 2 saturated carbocycles. The maximum absolute atomic E-state index is 4.86. The van der Waals surface area contributed by atoms with Crippen molar-refractivity contribution in [1.29, 1.82) is 0 Å². The number of hydrogen-bond acceptors (Lipinski definition) is 4. The van der Waals surface area contributed by atoms with E-state index in [1.165, 1.54) is 32.1 Å². The summed E-state index contributed by atoms with van der Waals surface area (Å²) in [6.07, 6.45) is 6.36. The molecule has 20 heavy (non-hydrogen) atoms. The van der Waals surface area contributed by atoms with Crippen LogP contribution in [0.1, 0.15) is 57.7 Å². The first-order valence-electron chi connectivity index (χ1n) is 8.00. The van der Waals surface area contributed by atoms with Crippen LogP contribution in [-0.4, -0.2) is 29.6 Å². The van der Waals surface area contributed by atoms with Gasteiger partial charge in [-0.2, -0.15) is 0 Å². The van der Waals surface area contributed by atoms with Gasteiger partial charge in [0.15, 0.2) is 0 Å². The average molecular weight is 274 g/mol. The molecular weight excluding hydrogens is 248 g/mol. The minimum absolute atomic E-state index is 0.605. The summed E-state index contributed by atoms with van der Waals surface area (Å²) in [5.74, 6) is 4.49. The summed E-state index contributed by atoms with van der Waals surface area (Å²) in [6.45, 7) is 5.70.